The number of hydrogen-bond acceptors (Lipinski definition) is 8. The van der Waals surface area contributed by atoms with Crippen LogP contribution < -0.4 is 20.1 Å². The molecule has 0 saturated carbocycles. The second-order valence-corrected chi connectivity index (χ2v) is 12.3. The molecule has 0 bridgehead atoms. The molecule has 1 unspecified atom stereocenters. The molecule has 2 aromatic heterocycles. The van der Waals surface area contributed by atoms with Gasteiger partial charge in [0.15, 0.2) is 17.7 Å². The number of carbonyl (C=O) groups excluding carboxylic acids is 3. The van der Waals surface area contributed by atoms with Crippen LogP contribution in [0, 0.1) is 18.0 Å². The maximum absolute atomic E-state index is 13.4. The van der Waals surface area contributed by atoms with Crippen molar-refractivity contribution in [2.75, 3.05) is 20.2 Å². The minimum atomic E-state index is -4.22. The maximum atomic E-state index is 13.4. The van der Waals surface area contributed by atoms with Crippen molar-refractivity contribution in [1.82, 2.24) is 14.9 Å². The van der Waals surface area contributed by atoms with Crippen molar-refractivity contribution in [3.8, 4) is 5.75 Å². The van der Waals surface area contributed by atoms with Crippen LogP contribution in [-0.2, 0) is 19.6 Å². The Labute approximate surface area is 238 Å². The molecule has 12 nitrogen and oxygen atoms in total. The van der Waals surface area contributed by atoms with Crippen LogP contribution in [0.15, 0.2) is 52.0 Å². The van der Waals surface area contributed by atoms with Crippen molar-refractivity contribution in [2.45, 2.75) is 57.1 Å². The lowest BCUT2D eigenvalue weighted by Crippen LogP contribution is -2.53. The Bertz CT molecular complexity index is 1570. The zero-order valence-electron chi connectivity index (χ0n) is 23.4. The molecule has 1 aliphatic rings. The SMILES string of the molecule is COc1ccc2oc(C(=O)N[C@@H](CC(C)C)C(=O)NC3CCCN(S(=O)(=O)c4cccc[n+]4[O-])CC3=O)c(C)c2c1. The molecule has 2 amide bonds. The standard InChI is InChI=1S/C28H34N4O8S/c1-17(2)14-22(30-28(35)26-18(3)20-15-19(39-4)10-11-24(20)40-26)27(34)29-21-8-7-12-31(16-23(21)33)41(37,38)25-9-5-6-13-32(25)36/h5-6,9-11,13,15,17,21-22H,7-8,12,14,16H2,1-4H3,(H,29,34)(H,30,35)/t21?,22-/m0/s1. The van der Waals surface area contributed by atoms with Crippen LogP contribution in [0.2, 0.25) is 0 Å². The number of aromatic nitrogens is 1. The van der Waals surface area contributed by atoms with Gasteiger partial charge in [0, 0.05) is 29.6 Å². The highest BCUT2D eigenvalue weighted by Crippen LogP contribution is 2.29. The van der Waals surface area contributed by atoms with Gasteiger partial charge in [0.25, 0.3) is 5.91 Å². The summed E-state index contributed by atoms with van der Waals surface area (Å²) in [5.74, 6) is -0.931. The summed E-state index contributed by atoms with van der Waals surface area (Å²) in [6, 6.07) is 7.27. The number of hydrogen-bond donors (Lipinski definition) is 2. The highest BCUT2D eigenvalue weighted by Gasteiger charge is 2.37. The van der Waals surface area contributed by atoms with E-state index in [1.165, 1.54) is 18.2 Å². The van der Waals surface area contributed by atoms with Gasteiger partial charge in [-0.3, -0.25) is 14.4 Å². The number of Topliss-reactive ketones (excluding diaryl/α,β-unsaturated/α-hetero) is 1. The summed E-state index contributed by atoms with van der Waals surface area (Å²) in [4.78, 5) is 39.7. The van der Waals surface area contributed by atoms with Crippen LogP contribution in [0.3, 0.4) is 0 Å². The molecule has 1 fully saturated rings. The smallest absolute Gasteiger partial charge is 0.323 e. The zero-order chi connectivity index (χ0) is 29.9. The lowest BCUT2D eigenvalue weighted by molar-refractivity contribution is -0.646. The van der Waals surface area contributed by atoms with E-state index in [1.807, 2.05) is 13.8 Å². The average molecular weight is 587 g/mol. The predicted molar refractivity (Wildman–Crippen MR) is 149 cm³/mol. The highest BCUT2D eigenvalue weighted by molar-refractivity contribution is 7.89. The van der Waals surface area contributed by atoms with Crippen LogP contribution in [-0.4, -0.2) is 62.6 Å². The Morgan fingerprint density at radius 2 is 2.00 bits per heavy atom. The summed E-state index contributed by atoms with van der Waals surface area (Å²) >= 11 is 0. The molecule has 0 radical (unpaired) electrons. The van der Waals surface area contributed by atoms with E-state index < -0.39 is 51.3 Å². The van der Waals surface area contributed by atoms with Crippen molar-refractivity contribution in [1.29, 1.82) is 0 Å². The first kappa shape index (κ1) is 30.0. The Morgan fingerprint density at radius 3 is 2.68 bits per heavy atom. The first-order valence-corrected chi connectivity index (χ1v) is 14.8. The third-order valence-electron chi connectivity index (χ3n) is 7.01. The summed E-state index contributed by atoms with van der Waals surface area (Å²) in [5.41, 5.74) is 1.10. The topological polar surface area (TPSA) is 162 Å². The largest absolute Gasteiger partial charge is 0.618 e. The molecule has 2 N–H and O–H groups in total. The third-order valence-corrected chi connectivity index (χ3v) is 8.85. The molecule has 2 atom stereocenters. The number of methoxy groups -OCH3 is 1. The van der Waals surface area contributed by atoms with Gasteiger partial charge in [-0.05, 0) is 56.4 Å². The molecule has 1 aromatic carbocycles. The van der Waals surface area contributed by atoms with Crippen LogP contribution >= 0.6 is 0 Å². The molecule has 0 spiro atoms. The molecule has 1 aliphatic heterocycles. The molecular weight excluding hydrogens is 552 g/mol. The summed E-state index contributed by atoms with van der Waals surface area (Å²) in [6.07, 6.45) is 1.85. The normalized spacial score (nSPS) is 17.3. The number of fused-ring (bicyclic) bond motifs is 1. The number of furan rings is 1. The number of nitrogens with zero attached hydrogens (tertiary/aromatic N) is 2. The van der Waals surface area contributed by atoms with E-state index in [9.17, 15) is 28.0 Å². The van der Waals surface area contributed by atoms with Gasteiger partial charge in [-0.15, -0.1) is 0 Å². The highest BCUT2D eigenvalue weighted by atomic mass is 32.2. The second kappa shape index (κ2) is 12.3. The quantitative estimate of drug-likeness (QED) is 0.284. The van der Waals surface area contributed by atoms with Gasteiger partial charge in [0.1, 0.15) is 17.4 Å². The number of sulfonamides is 1. The summed E-state index contributed by atoms with van der Waals surface area (Å²) < 4.78 is 38.3. The molecule has 13 heteroatoms. The first-order chi connectivity index (χ1) is 19.4. The van der Waals surface area contributed by atoms with Gasteiger partial charge in [-0.25, -0.2) is 8.42 Å². The first-order valence-electron chi connectivity index (χ1n) is 13.3. The van der Waals surface area contributed by atoms with E-state index in [4.69, 9.17) is 9.15 Å². The van der Waals surface area contributed by atoms with Crippen molar-refractivity contribution in [3.63, 3.8) is 0 Å². The molecule has 1 saturated heterocycles. The van der Waals surface area contributed by atoms with Gasteiger partial charge in [0.05, 0.1) is 19.7 Å². The second-order valence-electron chi connectivity index (χ2n) is 10.4. The minimum absolute atomic E-state index is 0.0115. The molecule has 220 valence electrons. The Hall–Kier alpha value is -3.97. The van der Waals surface area contributed by atoms with Gasteiger partial charge in [0.2, 0.25) is 5.91 Å². The van der Waals surface area contributed by atoms with E-state index in [-0.39, 0.29) is 35.8 Å². The number of pyridine rings is 1. The number of aryl methyl sites for hydroxylation is 1. The number of nitrogens with one attached hydrogen (secondary N) is 2. The third kappa shape index (κ3) is 6.51. The fraction of sp³-hybridized carbons (Fsp3) is 0.429. The molecule has 0 aliphatic carbocycles. The number of amides is 2. The number of carbonyl (C=O) groups is 3. The number of ether oxygens (including phenoxy) is 1. The lowest BCUT2D eigenvalue weighted by atomic mass is 10.0. The predicted octanol–water partition coefficient (Wildman–Crippen LogP) is 2.07. The monoisotopic (exact) mass is 586 g/mol. The maximum Gasteiger partial charge on any atom is 0.323 e. The Morgan fingerprint density at radius 1 is 1.24 bits per heavy atom. The van der Waals surface area contributed by atoms with Crippen molar-refractivity contribution >= 4 is 38.6 Å². The summed E-state index contributed by atoms with van der Waals surface area (Å²) in [6.45, 7) is 5.06. The zero-order valence-corrected chi connectivity index (χ0v) is 24.2. The molecule has 3 aromatic rings. The molecule has 3 heterocycles. The summed E-state index contributed by atoms with van der Waals surface area (Å²) in [7, 11) is -2.68. The van der Waals surface area contributed by atoms with Crippen molar-refractivity contribution in [2.24, 2.45) is 5.92 Å². The number of ketones is 1. The van der Waals surface area contributed by atoms with Crippen LogP contribution in [0.5, 0.6) is 5.75 Å². The molecule has 41 heavy (non-hydrogen) atoms. The van der Waals surface area contributed by atoms with Crippen LogP contribution in [0.25, 0.3) is 11.0 Å². The molecule has 4 rings (SSSR count). The number of rotatable bonds is 9. The summed E-state index contributed by atoms with van der Waals surface area (Å²) in [5, 5.41) is 17.7. The van der Waals surface area contributed by atoms with Gasteiger partial charge < -0.3 is 25.0 Å². The van der Waals surface area contributed by atoms with E-state index >= 15 is 0 Å². The van der Waals surface area contributed by atoms with E-state index in [0.29, 0.717) is 28.7 Å². The van der Waals surface area contributed by atoms with Gasteiger partial charge >= 0.3 is 15.0 Å². The fourth-order valence-electron chi connectivity index (χ4n) is 4.84. The van der Waals surface area contributed by atoms with Crippen molar-refractivity contribution in [3.05, 3.63) is 59.1 Å². The van der Waals surface area contributed by atoms with Crippen molar-refractivity contribution < 1.29 is 36.7 Å². The number of benzene rings is 1. The average Bonchev–Trinajstić information content (AvgIpc) is 3.14. The van der Waals surface area contributed by atoms with E-state index in [1.54, 1.807) is 32.2 Å². The Balaban J connectivity index is 1.48. The fourth-order valence-corrected chi connectivity index (χ4v) is 6.31. The minimum Gasteiger partial charge on any atom is -0.618 e. The van der Waals surface area contributed by atoms with Crippen LogP contribution in [0.1, 0.15) is 49.2 Å². The Kier molecular flexibility index (Phi) is 8.98. The molecular formula is C28H34N4O8S. The van der Waals surface area contributed by atoms with E-state index in [0.717, 1.165) is 10.5 Å². The van der Waals surface area contributed by atoms with Crippen LogP contribution in [0.4, 0.5) is 0 Å². The van der Waals surface area contributed by atoms with Gasteiger partial charge in [-0.1, -0.05) is 13.8 Å². The van der Waals surface area contributed by atoms with E-state index in [2.05, 4.69) is 10.6 Å². The lowest BCUT2D eigenvalue weighted by Gasteiger charge is -2.23. The van der Waals surface area contributed by atoms with Gasteiger partial charge in [-0.2, -0.15) is 9.04 Å².